The Hall–Kier alpha value is -3.16. The number of carbonyl (C=O) groups is 1. The lowest BCUT2D eigenvalue weighted by molar-refractivity contribution is -0.384. The number of amides is 1. The SMILES string of the molecule is Cc1ccc(/C=N/NC(=O)c2cc([N+](=O)[O-])ccc2O)o1. The minimum Gasteiger partial charge on any atom is -0.507 e. The van der Waals surface area contributed by atoms with Crippen LogP contribution in [0.1, 0.15) is 21.9 Å². The van der Waals surface area contributed by atoms with Crippen LogP contribution in [0, 0.1) is 17.0 Å². The average molecular weight is 289 g/mol. The van der Waals surface area contributed by atoms with Crippen LogP contribution in [0.4, 0.5) is 5.69 Å². The molecule has 0 saturated carbocycles. The zero-order valence-electron chi connectivity index (χ0n) is 10.9. The molecule has 0 radical (unpaired) electrons. The molecule has 8 heteroatoms. The number of aromatic hydroxyl groups is 1. The molecule has 0 aliphatic carbocycles. The van der Waals surface area contributed by atoms with Crippen molar-refractivity contribution in [1.29, 1.82) is 0 Å². The van der Waals surface area contributed by atoms with E-state index < -0.39 is 10.8 Å². The van der Waals surface area contributed by atoms with Gasteiger partial charge in [0.2, 0.25) is 0 Å². The molecule has 0 bridgehead atoms. The van der Waals surface area contributed by atoms with Gasteiger partial charge in [-0.3, -0.25) is 14.9 Å². The van der Waals surface area contributed by atoms with E-state index in [1.165, 1.54) is 6.21 Å². The fraction of sp³-hybridized carbons (Fsp3) is 0.0769. The van der Waals surface area contributed by atoms with Gasteiger partial charge in [-0.05, 0) is 25.1 Å². The number of hydrogen-bond acceptors (Lipinski definition) is 6. The van der Waals surface area contributed by atoms with Gasteiger partial charge in [0.05, 0.1) is 16.7 Å². The van der Waals surface area contributed by atoms with Crippen LogP contribution < -0.4 is 5.43 Å². The number of phenolic OH excluding ortho intramolecular Hbond substituents is 1. The van der Waals surface area contributed by atoms with E-state index in [4.69, 9.17) is 4.42 Å². The van der Waals surface area contributed by atoms with E-state index in [0.717, 1.165) is 18.2 Å². The third-order valence-electron chi connectivity index (χ3n) is 2.55. The zero-order chi connectivity index (χ0) is 15.4. The molecule has 0 saturated heterocycles. The molecule has 0 aliphatic heterocycles. The molecule has 0 atom stereocenters. The second-order valence-corrected chi connectivity index (χ2v) is 4.11. The number of carbonyl (C=O) groups excluding carboxylic acids is 1. The van der Waals surface area contributed by atoms with Crippen molar-refractivity contribution in [3.8, 4) is 5.75 Å². The average Bonchev–Trinajstić information content (AvgIpc) is 2.84. The van der Waals surface area contributed by atoms with E-state index in [9.17, 15) is 20.0 Å². The number of nitro groups is 1. The van der Waals surface area contributed by atoms with Crippen LogP contribution in [-0.4, -0.2) is 22.2 Å². The van der Waals surface area contributed by atoms with E-state index in [2.05, 4.69) is 10.5 Å². The Balaban J connectivity index is 2.11. The quantitative estimate of drug-likeness (QED) is 0.506. The van der Waals surface area contributed by atoms with Gasteiger partial charge in [0.1, 0.15) is 17.3 Å². The molecule has 0 spiro atoms. The first-order valence-electron chi connectivity index (χ1n) is 5.84. The predicted octanol–water partition coefficient (Wildman–Crippen LogP) is 1.97. The molecule has 1 aromatic carbocycles. The number of rotatable bonds is 4. The number of benzene rings is 1. The lowest BCUT2D eigenvalue weighted by Gasteiger charge is -2.02. The predicted molar refractivity (Wildman–Crippen MR) is 73.3 cm³/mol. The van der Waals surface area contributed by atoms with Crippen LogP contribution in [-0.2, 0) is 0 Å². The van der Waals surface area contributed by atoms with Crippen LogP contribution in [0.15, 0.2) is 39.9 Å². The zero-order valence-corrected chi connectivity index (χ0v) is 10.9. The highest BCUT2D eigenvalue weighted by atomic mass is 16.6. The number of non-ortho nitro benzene ring substituents is 1. The number of aryl methyl sites for hydroxylation is 1. The monoisotopic (exact) mass is 289 g/mol. The summed E-state index contributed by atoms with van der Waals surface area (Å²) in [5.41, 5.74) is 1.61. The molecule has 1 amide bonds. The minimum absolute atomic E-state index is 0.239. The maximum atomic E-state index is 11.8. The first-order chi connectivity index (χ1) is 9.97. The van der Waals surface area contributed by atoms with E-state index in [0.29, 0.717) is 11.5 Å². The molecule has 2 N–H and O–H groups in total. The number of nitrogens with zero attached hydrogens (tertiary/aromatic N) is 2. The molecule has 108 valence electrons. The summed E-state index contributed by atoms with van der Waals surface area (Å²) in [4.78, 5) is 21.8. The van der Waals surface area contributed by atoms with Crippen LogP contribution >= 0.6 is 0 Å². The molecule has 2 aromatic rings. The molecular weight excluding hydrogens is 278 g/mol. The van der Waals surface area contributed by atoms with E-state index in [1.807, 2.05) is 0 Å². The number of hydrogen-bond donors (Lipinski definition) is 2. The fourth-order valence-electron chi connectivity index (χ4n) is 1.56. The Kier molecular flexibility index (Phi) is 3.98. The Morgan fingerprint density at radius 2 is 2.19 bits per heavy atom. The van der Waals surface area contributed by atoms with Crippen molar-refractivity contribution in [3.63, 3.8) is 0 Å². The molecule has 21 heavy (non-hydrogen) atoms. The fourth-order valence-corrected chi connectivity index (χ4v) is 1.56. The van der Waals surface area contributed by atoms with Crippen molar-refractivity contribution in [2.45, 2.75) is 6.92 Å². The highest BCUT2D eigenvalue weighted by Gasteiger charge is 2.15. The summed E-state index contributed by atoms with van der Waals surface area (Å²) in [6.07, 6.45) is 1.28. The molecule has 0 unspecified atom stereocenters. The molecular formula is C13H11N3O5. The van der Waals surface area contributed by atoms with Gasteiger partial charge in [-0.2, -0.15) is 5.10 Å². The van der Waals surface area contributed by atoms with Crippen molar-refractivity contribution in [1.82, 2.24) is 5.43 Å². The third kappa shape index (κ3) is 3.44. The number of furan rings is 1. The van der Waals surface area contributed by atoms with Gasteiger partial charge in [-0.15, -0.1) is 0 Å². The van der Waals surface area contributed by atoms with Crippen molar-refractivity contribution in [3.05, 3.63) is 57.5 Å². The van der Waals surface area contributed by atoms with Crippen molar-refractivity contribution in [2.24, 2.45) is 5.10 Å². The summed E-state index contributed by atoms with van der Waals surface area (Å²) in [5, 5.41) is 23.8. The molecule has 8 nitrogen and oxygen atoms in total. The van der Waals surface area contributed by atoms with Crippen molar-refractivity contribution < 1.29 is 19.2 Å². The van der Waals surface area contributed by atoms with Gasteiger partial charge in [0.15, 0.2) is 0 Å². The topological polar surface area (TPSA) is 118 Å². The van der Waals surface area contributed by atoms with Gasteiger partial charge < -0.3 is 9.52 Å². The van der Waals surface area contributed by atoms with Crippen LogP contribution in [0.25, 0.3) is 0 Å². The summed E-state index contributed by atoms with van der Waals surface area (Å²) < 4.78 is 5.21. The normalized spacial score (nSPS) is 10.7. The van der Waals surface area contributed by atoms with E-state index in [-0.39, 0.29) is 17.0 Å². The summed E-state index contributed by atoms with van der Waals surface area (Å²) >= 11 is 0. The molecule has 2 rings (SSSR count). The second kappa shape index (κ2) is 5.87. The van der Waals surface area contributed by atoms with Gasteiger partial charge in [-0.25, -0.2) is 5.43 Å². The maximum absolute atomic E-state index is 11.8. The van der Waals surface area contributed by atoms with E-state index >= 15 is 0 Å². The highest BCUT2D eigenvalue weighted by Crippen LogP contribution is 2.22. The Labute approximate surface area is 118 Å². The summed E-state index contributed by atoms with van der Waals surface area (Å²) in [6.45, 7) is 1.76. The first-order valence-corrected chi connectivity index (χ1v) is 5.84. The van der Waals surface area contributed by atoms with Crippen LogP contribution in [0.5, 0.6) is 5.75 Å². The smallest absolute Gasteiger partial charge is 0.275 e. The Morgan fingerprint density at radius 1 is 1.43 bits per heavy atom. The van der Waals surface area contributed by atoms with Crippen molar-refractivity contribution in [2.75, 3.05) is 0 Å². The number of nitro benzene ring substituents is 1. The molecule has 1 heterocycles. The van der Waals surface area contributed by atoms with Gasteiger partial charge >= 0.3 is 0 Å². The van der Waals surface area contributed by atoms with Crippen molar-refractivity contribution >= 4 is 17.8 Å². The van der Waals surface area contributed by atoms with E-state index in [1.54, 1.807) is 19.1 Å². The van der Waals surface area contributed by atoms with Crippen LogP contribution in [0.2, 0.25) is 0 Å². The third-order valence-corrected chi connectivity index (χ3v) is 2.55. The molecule has 0 fully saturated rings. The Bertz CT molecular complexity index is 720. The number of nitrogens with one attached hydrogen (secondary N) is 1. The number of hydrazone groups is 1. The number of phenols is 1. The molecule has 0 aliphatic rings. The molecule has 1 aromatic heterocycles. The minimum atomic E-state index is -0.768. The van der Waals surface area contributed by atoms with Gasteiger partial charge in [0, 0.05) is 12.1 Å². The van der Waals surface area contributed by atoms with Gasteiger partial charge in [0.25, 0.3) is 11.6 Å². The summed E-state index contributed by atoms with van der Waals surface area (Å²) in [5.74, 6) is -0.00644. The second-order valence-electron chi connectivity index (χ2n) is 4.11. The standard InChI is InChI=1S/C13H11N3O5/c1-8-2-4-10(21-8)7-14-15-13(18)11-6-9(16(19)20)3-5-12(11)17/h2-7,17H,1H3,(H,15,18)/b14-7+. The first kappa shape index (κ1) is 14.3. The summed E-state index contributed by atoms with van der Waals surface area (Å²) in [7, 11) is 0. The lowest BCUT2D eigenvalue weighted by Crippen LogP contribution is -2.17. The lowest BCUT2D eigenvalue weighted by atomic mass is 10.1. The van der Waals surface area contributed by atoms with Crippen LogP contribution in [0.3, 0.4) is 0 Å². The Morgan fingerprint density at radius 3 is 2.81 bits per heavy atom. The summed E-state index contributed by atoms with van der Waals surface area (Å²) in [6, 6.07) is 6.54. The highest BCUT2D eigenvalue weighted by molar-refractivity contribution is 5.97. The van der Waals surface area contributed by atoms with Gasteiger partial charge in [-0.1, -0.05) is 0 Å². The maximum Gasteiger partial charge on any atom is 0.275 e. The largest absolute Gasteiger partial charge is 0.507 e.